The van der Waals surface area contributed by atoms with Crippen LogP contribution in [0.25, 0.3) is 5.52 Å². The number of rotatable bonds is 1. The van der Waals surface area contributed by atoms with E-state index in [1.54, 1.807) is 10.7 Å². The predicted octanol–water partition coefficient (Wildman–Crippen LogP) is 1.53. The highest BCUT2D eigenvalue weighted by Gasteiger charge is 2.40. The molecule has 0 radical (unpaired) electrons. The fourth-order valence-corrected chi connectivity index (χ4v) is 3.95. The third-order valence-electron chi connectivity index (χ3n) is 5.10. The van der Waals surface area contributed by atoms with Crippen molar-refractivity contribution in [2.24, 2.45) is 17.6 Å². The normalized spacial score (nSPS) is 28.8. The van der Waals surface area contributed by atoms with Crippen molar-refractivity contribution >= 4 is 11.4 Å². The summed E-state index contributed by atoms with van der Waals surface area (Å²) in [5, 5.41) is 4.26. The Balaban J connectivity index is 1.61. The summed E-state index contributed by atoms with van der Waals surface area (Å²) in [4.78, 5) is 14.8. The van der Waals surface area contributed by atoms with E-state index in [0.717, 1.165) is 25.0 Å². The Bertz CT molecular complexity index is 680. The van der Waals surface area contributed by atoms with Gasteiger partial charge in [-0.1, -0.05) is 12.5 Å². The maximum Gasteiger partial charge on any atom is 0.257 e. The second-order valence-electron chi connectivity index (χ2n) is 6.32. The van der Waals surface area contributed by atoms with Crippen LogP contribution in [0.2, 0.25) is 0 Å². The van der Waals surface area contributed by atoms with Gasteiger partial charge >= 0.3 is 0 Å². The Labute approximate surface area is 123 Å². The van der Waals surface area contributed by atoms with Gasteiger partial charge in [-0.2, -0.15) is 5.10 Å². The monoisotopic (exact) mass is 284 g/mol. The molecule has 2 fully saturated rings. The molecule has 5 heteroatoms. The first kappa shape index (κ1) is 12.8. The molecule has 1 saturated carbocycles. The number of likely N-dealkylation sites (tertiary alicyclic amines) is 1. The summed E-state index contributed by atoms with van der Waals surface area (Å²) in [5.74, 6) is 1.15. The maximum atomic E-state index is 12.8. The zero-order valence-corrected chi connectivity index (χ0v) is 12.0. The van der Waals surface area contributed by atoms with E-state index in [2.05, 4.69) is 5.10 Å². The highest BCUT2D eigenvalue weighted by atomic mass is 16.2. The number of aromatic nitrogens is 2. The molecule has 21 heavy (non-hydrogen) atoms. The minimum Gasteiger partial charge on any atom is -0.338 e. The first-order chi connectivity index (χ1) is 10.2. The number of fused-ring (bicyclic) bond motifs is 2. The molecule has 1 aliphatic carbocycles. The molecule has 4 rings (SSSR count). The quantitative estimate of drug-likeness (QED) is 0.864. The van der Waals surface area contributed by atoms with Gasteiger partial charge in [0, 0.05) is 25.3 Å². The van der Waals surface area contributed by atoms with E-state index >= 15 is 0 Å². The summed E-state index contributed by atoms with van der Waals surface area (Å²) in [6, 6.07) is 6.05. The van der Waals surface area contributed by atoms with Gasteiger partial charge in [0.25, 0.3) is 5.91 Å². The van der Waals surface area contributed by atoms with Gasteiger partial charge < -0.3 is 10.6 Å². The number of amides is 1. The average molecular weight is 284 g/mol. The molecule has 1 saturated heterocycles. The largest absolute Gasteiger partial charge is 0.338 e. The minimum atomic E-state index is 0.0952. The van der Waals surface area contributed by atoms with Crippen molar-refractivity contribution < 1.29 is 4.79 Å². The number of nitrogens with zero attached hydrogens (tertiary/aromatic N) is 3. The fraction of sp³-hybridized carbons (Fsp3) is 0.500. The molecule has 1 amide bonds. The van der Waals surface area contributed by atoms with Crippen LogP contribution in [0.1, 0.15) is 29.6 Å². The van der Waals surface area contributed by atoms with Crippen molar-refractivity contribution in [1.29, 1.82) is 0 Å². The van der Waals surface area contributed by atoms with Crippen molar-refractivity contribution in [1.82, 2.24) is 14.5 Å². The molecule has 2 N–H and O–H groups in total. The second kappa shape index (κ2) is 4.84. The van der Waals surface area contributed by atoms with Gasteiger partial charge in [-0.05, 0) is 36.8 Å². The number of carbonyl (C=O) groups excluding carboxylic acids is 1. The molecule has 0 bridgehead atoms. The van der Waals surface area contributed by atoms with Crippen molar-refractivity contribution in [3.63, 3.8) is 0 Å². The smallest absolute Gasteiger partial charge is 0.257 e. The summed E-state index contributed by atoms with van der Waals surface area (Å²) in [7, 11) is 0. The Morgan fingerprint density at radius 3 is 3.05 bits per heavy atom. The molecule has 0 aromatic carbocycles. The Hall–Kier alpha value is -1.88. The lowest BCUT2D eigenvalue weighted by molar-refractivity contribution is 0.0785. The van der Waals surface area contributed by atoms with Crippen LogP contribution in [0.4, 0.5) is 0 Å². The average Bonchev–Trinajstić information content (AvgIpc) is 3.11. The Morgan fingerprint density at radius 2 is 2.19 bits per heavy atom. The lowest BCUT2D eigenvalue weighted by atomic mass is 9.78. The number of pyridine rings is 1. The zero-order valence-electron chi connectivity index (χ0n) is 12.0. The van der Waals surface area contributed by atoms with Crippen molar-refractivity contribution in [2.45, 2.75) is 25.3 Å². The summed E-state index contributed by atoms with van der Waals surface area (Å²) in [5.41, 5.74) is 7.81. The first-order valence-corrected chi connectivity index (χ1v) is 7.71. The number of carbonyl (C=O) groups is 1. The maximum absolute atomic E-state index is 12.8. The molecule has 110 valence electrons. The molecular weight excluding hydrogens is 264 g/mol. The molecule has 5 nitrogen and oxygen atoms in total. The molecule has 3 heterocycles. The molecule has 3 atom stereocenters. The standard InChI is InChI=1S/C16H20N4O/c17-14-5-3-4-11-9-19(10-13(11)14)16(21)12-8-18-20-7-2-1-6-15(12)20/h1-2,6-8,11,13-14H,3-5,9-10,17H2. The van der Waals surface area contributed by atoms with Crippen LogP contribution in [0.5, 0.6) is 0 Å². The molecular formula is C16H20N4O. The Morgan fingerprint density at radius 1 is 1.29 bits per heavy atom. The third-order valence-corrected chi connectivity index (χ3v) is 5.10. The minimum absolute atomic E-state index is 0.0952. The van der Waals surface area contributed by atoms with E-state index in [0.29, 0.717) is 17.4 Å². The highest BCUT2D eigenvalue weighted by molar-refractivity contribution is 6.00. The van der Waals surface area contributed by atoms with Gasteiger partial charge in [-0.3, -0.25) is 4.79 Å². The van der Waals surface area contributed by atoms with Crippen LogP contribution in [-0.2, 0) is 0 Å². The van der Waals surface area contributed by atoms with Gasteiger partial charge in [-0.25, -0.2) is 4.52 Å². The molecule has 2 aromatic heterocycles. The lowest BCUT2D eigenvalue weighted by Gasteiger charge is -2.29. The van der Waals surface area contributed by atoms with Crippen molar-refractivity contribution in [2.75, 3.05) is 13.1 Å². The van der Waals surface area contributed by atoms with Crippen molar-refractivity contribution in [3.8, 4) is 0 Å². The van der Waals surface area contributed by atoms with Gasteiger partial charge in [-0.15, -0.1) is 0 Å². The summed E-state index contributed by atoms with van der Waals surface area (Å²) < 4.78 is 1.75. The number of hydrogen-bond donors (Lipinski definition) is 1. The van der Waals surface area contributed by atoms with Crippen LogP contribution >= 0.6 is 0 Å². The molecule has 1 aliphatic heterocycles. The van der Waals surface area contributed by atoms with E-state index in [9.17, 15) is 4.79 Å². The first-order valence-electron chi connectivity index (χ1n) is 7.71. The second-order valence-corrected chi connectivity index (χ2v) is 6.32. The molecule has 0 spiro atoms. The SMILES string of the molecule is NC1CCCC2CN(C(=O)c3cnn4ccccc34)CC12. The van der Waals surface area contributed by atoms with Gasteiger partial charge in [0.15, 0.2) is 0 Å². The molecule has 3 unspecified atom stereocenters. The fourth-order valence-electron chi connectivity index (χ4n) is 3.95. The van der Waals surface area contributed by atoms with Crippen LogP contribution in [0.15, 0.2) is 30.6 Å². The molecule has 2 aliphatic rings. The van der Waals surface area contributed by atoms with E-state index in [1.807, 2.05) is 29.3 Å². The summed E-state index contributed by atoms with van der Waals surface area (Å²) >= 11 is 0. The third kappa shape index (κ3) is 2.03. The van der Waals surface area contributed by atoms with Crippen LogP contribution in [-0.4, -0.2) is 39.6 Å². The zero-order chi connectivity index (χ0) is 14.4. The van der Waals surface area contributed by atoms with E-state index in [-0.39, 0.29) is 11.9 Å². The van der Waals surface area contributed by atoms with E-state index < -0.39 is 0 Å². The predicted molar refractivity (Wildman–Crippen MR) is 79.9 cm³/mol. The van der Waals surface area contributed by atoms with E-state index in [4.69, 9.17) is 5.73 Å². The van der Waals surface area contributed by atoms with Crippen molar-refractivity contribution in [3.05, 3.63) is 36.2 Å². The van der Waals surface area contributed by atoms with Gasteiger partial charge in [0.2, 0.25) is 0 Å². The van der Waals surface area contributed by atoms with Gasteiger partial charge in [0.1, 0.15) is 0 Å². The number of hydrogen-bond acceptors (Lipinski definition) is 3. The highest BCUT2D eigenvalue weighted by Crippen LogP contribution is 2.36. The van der Waals surface area contributed by atoms with E-state index in [1.165, 1.54) is 12.8 Å². The Kier molecular flexibility index (Phi) is 2.96. The summed E-state index contributed by atoms with van der Waals surface area (Å²) in [6.45, 7) is 1.65. The van der Waals surface area contributed by atoms with Crippen LogP contribution in [0, 0.1) is 11.8 Å². The van der Waals surface area contributed by atoms with Gasteiger partial charge in [0.05, 0.1) is 17.3 Å². The number of nitrogens with two attached hydrogens (primary N) is 1. The topological polar surface area (TPSA) is 63.6 Å². The van der Waals surface area contributed by atoms with Crippen LogP contribution < -0.4 is 5.73 Å². The summed E-state index contributed by atoms with van der Waals surface area (Å²) in [6.07, 6.45) is 7.04. The van der Waals surface area contributed by atoms with Crippen LogP contribution in [0.3, 0.4) is 0 Å². The molecule has 2 aromatic rings. The lowest BCUT2D eigenvalue weighted by Crippen LogP contribution is -2.38.